The van der Waals surface area contributed by atoms with Crippen molar-refractivity contribution in [3.8, 4) is 6.07 Å². The maximum Gasteiger partial charge on any atom is 0.414 e. The van der Waals surface area contributed by atoms with Gasteiger partial charge in [0.25, 0.3) is 0 Å². The van der Waals surface area contributed by atoms with Crippen molar-refractivity contribution in [1.82, 2.24) is 0 Å². The van der Waals surface area contributed by atoms with Gasteiger partial charge in [-0.05, 0) is 0 Å². The summed E-state index contributed by atoms with van der Waals surface area (Å²) in [5.41, 5.74) is -3.34. The van der Waals surface area contributed by atoms with E-state index in [-0.39, 0.29) is 0 Å². The minimum absolute atomic E-state index is 0.835. The van der Waals surface area contributed by atoms with Crippen molar-refractivity contribution in [3.05, 3.63) is 34.4 Å². The van der Waals surface area contributed by atoms with Gasteiger partial charge in [-0.2, -0.15) is 18.4 Å². The van der Waals surface area contributed by atoms with E-state index >= 15 is 0 Å². The molecular formula is C11H6F7NO2. The van der Waals surface area contributed by atoms with Gasteiger partial charge in [0.1, 0.15) is 11.6 Å². The molecule has 0 saturated carbocycles. The second-order valence-electron chi connectivity index (χ2n) is 3.97. The van der Waals surface area contributed by atoms with Crippen molar-refractivity contribution in [2.45, 2.75) is 24.8 Å². The maximum atomic E-state index is 13.4. The Morgan fingerprint density at radius 3 is 1.71 bits per heavy atom. The third kappa shape index (κ3) is 3.25. The second kappa shape index (κ2) is 5.87. The van der Waals surface area contributed by atoms with Crippen molar-refractivity contribution in [3.63, 3.8) is 0 Å². The summed E-state index contributed by atoms with van der Waals surface area (Å²) in [5.74, 6) is -8.70. The molecule has 0 spiro atoms. The smallest absolute Gasteiger partial charge is 0.388 e. The molecule has 0 aliphatic heterocycles. The van der Waals surface area contributed by atoms with Crippen LogP contribution in [0.2, 0.25) is 0 Å². The molecule has 0 fully saturated rings. The van der Waals surface area contributed by atoms with Crippen LogP contribution in [0.25, 0.3) is 0 Å². The number of nitriles is 1. The van der Waals surface area contributed by atoms with Crippen LogP contribution in [-0.4, -0.2) is 22.5 Å². The van der Waals surface area contributed by atoms with E-state index in [1.807, 2.05) is 0 Å². The van der Waals surface area contributed by atoms with Gasteiger partial charge in [0.05, 0.1) is 11.7 Å². The number of halogens is 7. The Labute approximate surface area is 112 Å². The van der Waals surface area contributed by atoms with Crippen LogP contribution < -0.4 is 0 Å². The largest absolute Gasteiger partial charge is 0.414 e. The molecule has 116 valence electrons. The highest BCUT2D eigenvalue weighted by atomic mass is 19.4. The molecule has 0 aromatic heterocycles. The van der Waals surface area contributed by atoms with Gasteiger partial charge in [0.2, 0.25) is 0 Å². The van der Waals surface area contributed by atoms with Crippen LogP contribution >= 0.6 is 0 Å². The van der Waals surface area contributed by atoms with Crippen LogP contribution in [0.1, 0.15) is 23.7 Å². The maximum absolute atomic E-state index is 13.4. The summed E-state index contributed by atoms with van der Waals surface area (Å²) in [7, 11) is 0. The van der Waals surface area contributed by atoms with E-state index in [4.69, 9.17) is 10.4 Å². The van der Waals surface area contributed by atoms with E-state index in [0.717, 1.165) is 6.07 Å². The van der Waals surface area contributed by atoms with Crippen molar-refractivity contribution >= 4 is 0 Å². The first-order valence-corrected chi connectivity index (χ1v) is 5.21. The number of rotatable bonds is 3. The van der Waals surface area contributed by atoms with Crippen molar-refractivity contribution in [2.24, 2.45) is 0 Å². The van der Waals surface area contributed by atoms with Crippen molar-refractivity contribution in [1.29, 1.82) is 5.26 Å². The SMILES string of the molecule is N#Cc1c(F)c(F)c(C(O)CC(O)C(F)(F)F)c(F)c1F. The van der Waals surface area contributed by atoms with Crippen LogP contribution in [0.3, 0.4) is 0 Å². The van der Waals surface area contributed by atoms with Gasteiger partial charge in [0, 0.05) is 6.42 Å². The fraction of sp³-hybridized carbons (Fsp3) is 0.364. The summed E-state index contributed by atoms with van der Waals surface area (Å²) in [4.78, 5) is 0. The number of aliphatic hydroxyl groups excluding tert-OH is 2. The summed E-state index contributed by atoms with van der Waals surface area (Å²) in [6.45, 7) is 0. The molecule has 1 aromatic carbocycles. The summed E-state index contributed by atoms with van der Waals surface area (Å²) in [6.07, 6.45) is -12.7. The molecular weight excluding hydrogens is 311 g/mol. The molecule has 0 amide bonds. The minimum atomic E-state index is -5.20. The molecule has 1 aromatic rings. The fourth-order valence-corrected chi connectivity index (χ4v) is 1.50. The van der Waals surface area contributed by atoms with Crippen LogP contribution in [0, 0.1) is 34.6 Å². The van der Waals surface area contributed by atoms with Gasteiger partial charge in [-0.3, -0.25) is 0 Å². The van der Waals surface area contributed by atoms with Gasteiger partial charge in [-0.1, -0.05) is 0 Å². The topological polar surface area (TPSA) is 64.2 Å². The highest BCUT2D eigenvalue weighted by molar-refractivity contribution is 5.38. The third-order valence-corrected chi connectivity index (χ3v) is 2.57. The van der Waals surface area contributed by atoms with E-state index in [1.165, 1.54) is 0 Å². The number of nitrogens with zero attached hydrogens (tertiary/aromatic N) is 1. The third-order valence-electron chi connectivity index (χ3n) is 2.57. The summed E-state index contributed by atoms with van der Waals surface area (Å²) < 4.78 is 89.5. The molecule has 2 N–H and O–H groups in total. The molecule has 0 radical (unpaired) electrons. The molecule has 2 atom stereocenters. The Morgan fingerprint density at radius 2 is 1.38 bits per heavy atom. The summed E-state index contributed by atoms with van der Waals surface area (Å²) in [5, 5.41) is 26.3. The lowest BCUT2D eigenvalue weighted by Gasteiger charge is -2.19. The van der Waals surface area contributed by atoms with Crippen LogP contribution in [-0.2, 0) is 0 Å². The van der Waals surface area contributed by atoms with Crippen LogP contribution in [0.5, 0.6) is 0 Å². The molecule has 0 heterocycles. The molecule has 21 heavy (non-hydrogen) atoms. The van der Waals surface area contributed by atoms with Gasteiger partial charge in [-0.15, -0.1) is 0 Å². The van der Waals surface area contributed by atoms with Gasteiger partial charge in [0.15, 0.2) is 29.4 Å². The molecule has 3 nitrogen and oxygen atoms in total. The van der Waals surface area contributed by atoms with Crippen LogP contribution in [0.4, 0.5) is 30.7 Å². The molecule has 1 rings (SSSR count). The van der Waals surface area contributed by atoms with Crippen LogP contribution in [0.15, 0.2) is 0 Å². The van der Waals surface area contributed by atoms with Gasteiger partial charge < -0.3 is 10.2 Å². The van der Waals surface area contributed by atoms with Crippen molar-refractivity contribution in [2.75, 3.05) is 0 Å². The lowest BCUT2D eigenvalue weighted by molar-refractivity contribution is -0.211. The summed E-state index contributed by atoms with van der Waals surface area (Å²) >= 11 is 0. The Balaban J connectivity index is 3.30. The fourth-order valence-electron chi connectivity index (χ4n) is 1.50. The lowest BCUT2D eigenvalue weighted by Crippen LogP contribution is -2.30. The highest BCUT2D eigenvalue weighted by Crippen LogP contribution is 2.33. The molecule has 0 aliphatic carbocycles. The Kier molecular flexibility index (Phi) is 4.80. The van der Waals surface area contributed by atoms with Gasteiger partial charge >= 0.3 is 6.18 Å². The normalized spacial score (nSPS) is 14.7. The number of hydrogen-bond donors (Lipinski definition) is 2. The average molecular weight is 317 g/mol. The molecule has 0 saturated heterocycles. The second-order valence-corrected chi connectivity index (χ2v) is 3.97. The number of aliphatic hydroxyl groups is 2. The Bertz CT molecular complexity index is 565. The molecule has 0 aliphatic rings. The first-order chi connectivity index (χ1) is 9.52. The number of benzene rings is 1. The monoisotopic (exact) mass is 317 g/mol. The molecule has 2 unspecified atom stereocenters. The van der Waals surface area contributed by atoms with E-state index in [0.29, 0.717) is 0 Å². The first-order valence-electron chi connectivity index (χ1n) is 5.21. The quantitative estimate of drug-likeness (QED) is 0.665. The van der Waals surface area contributed by atoms with E-state index in [2.05, 4.69) is 0 Å². The lowest BCUT2D eigenvalue weighted by atomic mass is 9.99. The Hall–Kier alpha value is -1.86. The summed E-state index contributed by atoms with van der Waals surface area (Å²) in [6, 6.07) is 0.835. The highest BCUT2D eigenvalue weighted by Gasteiger charge is 2.41. The number of hydrogen-bond acceptors (Lipinski definition) is 3. The zero-order valence-electron chi connectivity index (χ0n) is 9.85. The van der Waals surface area contributed by atoms with Crippen molar-refractivity contribution < 1.29 is 40.9 Å². The molecule has 0 bridgehead atoms. The number of alkyl halides is 3. The van der Waals surface area contributed by atoms with Gasteiger partial charge in [-0.25, -0.2) is 17.6 Å². The first kappa shape index (κ1) is 17.2. The molecule has 10 heteroatoms. The van der Waals surface area contributed by atoms with E-state index in [1.54, 1.807) is 0 Å². The zero-order chi connectivity index (χ0) is 16.5. The van der Waals surface area contributed by atoms with E-state index < -0.39 is 59.2 Å². The van der Waals surface area contributed by atoms with E-state index in [9.17, 15) is 35.8 Å². The average Bonchev–Trinajstić information content (AvgIpc) is 2.36. The predicted molar refractivity (Wildman–Crippen MR) is 52.6 cm³/mol. The zero-order valence-corrected chi connectivity index (χ0v) is 9.85. The minimum Gasteiger partial charge on any atom is -0.388 e. The predicted octanol–water partition coefficient (Wildman–Crippen LogP) is 2.46. The Morgan fingerprint density at radius 1 is 0.952 bits per heavy atom. The standard InChI is InChI=1S/C11H6F7NO2/c12-7-3(2-19)8(13)10(15)6(9(7)14)4(20)1-5(21)11(16,17)18/h4-5,20-21H,1H2.